The van der Waals surface area contributed by atoms with Gasteiger partial charge in [-0.2, -0.15) is 13.2 Å². The monoisotopic (exact) mass is 489 g/mol. The zero-order valence-electron chi connectivity index (χ0n) is 18.4. The van der Waals surface area contributed by atoms with Gasteiger partial charge in [0.2, 0.25) is 11.8 Å². The molecule has 0 aliphatic carbocycles. The summed E-state index contributed by atoms with van der Waals surface area (Å²) in [6.45, 7) is 1.68. The van der Waals surface area contributed by atoms with Gasteiger partial charge >= 0.3 is 6.18 Å². The molecule has 2 amide bonds. The highest BCUT2D eigenvalue weighted by atomic mass is 32.1. The summed E-state index contributed by atoms with van der Waals surface area (Å²) < 4.78 is 44.3. The maximum absolute atomic E-state index is 13.1. The highest BCUT2D eigenvalue weighted by Gasteiger charge is 2.31. The summed E-state index contributed by atoms with van der Waals surface area (Å²) in [7, 11) is 1.59. The van der Waals surface area contributed by atoms with Gasteiger partial charge in [0.05, 0.1) is 24.1 Å². The molecule has 3 aromatic rings. The second kappa shape index (κ2) is 11.0. The average molecular weight is 490 g/mol. The molecule has 0 bridgehead atoms. The molecule has 1 heterocycles. The average Bonchev–Trinajstić information content (AvgIpc) is 3.26. The molecule has 0 radical (unpaired) electrons. The minimum atomic E-state index is -4.53. The van der Waals surface area contributed by atoms with Crippen LogP contribution in [0.2, 0.25) is 0 Å². The molecule has 3 rings (SSSR count). The van der Waals surface area contributed by atoms with Gasteiger partial charge in [-0.15, -0.1) is 11.3 Å². The Morgan fingerprint density at radius 2 is 1.91 bits per heavy atom. The molecule has 0 saturated heterocycles. The van der Waals surface area contributed by atoms with E-state index in [1.54, 1.807) is 12.5 Å². The number of benzene rings is 2. The number of rotatable bonds is 8. The van der Waals surface area contributed by atoms with Crippen molar-refractivity contribution in [2.45, 2.75) is 19.5 Å². The van der Waals surface area contributed by atoms with Gasteiger partial charge in [0.25, 0.3) is 0 Å². The second-order valence-corrected chi connectivity index (χ2v) is 8.02. The van der Waals surface area contributed by atoms with E-state index >= 15 is 0 Å². The first-order valence-corrected chi connectivity index (χ1v) is 11.1. The van der Waals surface area contributed by atoms with E-state index in [-0.39, 0.29) is 16.7 Å². The van der Waals surface area contributed by atoms with Crippen molar-refractivity contribution in [2.75, 3.05) is 18.6 Å². The van der Waals surface area contributed by atoms with Crippen LogP contribution in [-0.4, -0.2) is 30.5 Å². The Morgan fingerprint density at radius 1 is 1.18 bits per heavy atom. The molecule has 0 spiro atoms. The fourth-order valence-electron chi connectivity index (χ4n) is 3.05. The number of nitrogens with zero attached hydrogens (tertiary/aromatic N) is 2. The van der Waals surface area contributed by atoms with Crippen LogP contribution in [0.3, 0.4) is 0 Å². The van der Waals surface area contributed by atoms with Gasteiger partial charge in [0.1, 0.15) is 5.75 Å². The first-order valence-electron chi connectivity index (χ1n) is 10.2. The van der Waals surface area contributed by atoms with Crippen LogP contribution < -0.4 is 15.0 Å². The van der Waals surface area contributed by atoms with Crippen LogP contribution in [0.5, 0.6) is 5.75 Å². The molecular weight excluding hydrogens is 467 g/mol. The topological polar surface area (TPSA) is 71.5 Å². The van der Waals surface area contributed by atoms with Crippen LogP contribution in [-0.2, 0) is 22.2 Å². The van der Waals surface area contributed by atoms with Crippen LogP contribution in [0.4, 0.5) is 24.0 Å². The first-order chi connectivity index (χ1) is 16.2. The predicted octanol–water partition coefficient (Wildman–Crippen LogP) is 5.23. The van der Waals surface area contributed by atoms with E-state index in [1.807, 2.05) is 24.3 Å². The van der Waals surface area contributed by atoms with Gasteiger partial charge in [-0.3, -0.25) is 14.5 Å². The fraction of sp³-hybridized carbons (Fsp3) is 0.208. The smallest absolute Gasteiger partial charge is 0.416 e. The number of carbonyl (C=O) groups excluding carboxylic acids is 2. The predicted molar refractivity (Wildman–Crippen MR) is 125 cm³/mol. The molecule has 0 aliphatic heterocycles. The molecule has 0 unspecified atom stereocenters. The summed E-state index contributed by atoms with van der Waals surface area (Å²) in [6.07, 6.45) is -1.09. The molecule has 34 heavy (non-hydrogen) atoms. The fourth-order valence-corrected chi connectivity index (χ4v) is 3.90. The van der Waals surface area contributed by atoms with Gasteiger partial charge < -0.3 is 10.1 Å². The minimum Gasteiger partial charge on any atom is -0.497 e. The molecule has 178 valence electrons. The third-order valence-electron chi connectivity index (χ3n) is 4.73. The molecule has 1 aromatic heterocycles. The van der Waals surface area contributed by atoms with E-state index < -0.39 is 17.6 Å². The number of halogens is 3. The number of aromatic nitrogens is 1. The number of anilines is 2. The molecule has 10 heteroatoms. The van der Waals surface area contributed by atoms with Crippen molar-refractivity contribution in [3.63, 3.8) is 0 Å². The maximum atomic E-state index is 13.1. The summed E-state index contributed by atoms with van der Waals surface area (Å²) in [5.74, 6) is -0.0420. The van der Waals surface area contributed by atoms with E-state index in [9.17, 15) is 22.8 Å². The molecule has 0 saturated carbocycles. The Hall–Kier alpha value is -3.66. The second-order valence-electron chi connectivity index (χ2n) is 7.18. The van der Waals surface area contributed by atoms with Crippen molar-refractivity contribution in [3.8, 4) is 5.75 Å². The molecule has 1 N–H and O–H groups in total. The van der Waals surface area contributed by atoms with E-state index in [1.165, 1.54) is 31.2 Å². The number of hydrogen-bond acceptors (Lipinski definition) is 5. The van der Waals surface area contributed by atoms with Crippen molar-refractivity contribution >= 4 is 40.0 Å². The summed E-state index contributed by atoms with van der Waals surface area (Å²) in [5.41, 5.74) is 0.652. The van der Waals surface area contributed by atoms with Crippen LogP contribution in [0.15, 0.2) is 60.0 Å². The van der Waals surface area contributed by atoms with Crippen LogP contribution in [0, 0.1) is 0 Å². The lowest BCUT2D eigenvalue weighted by Crippen LogP contribution is -2.23. The number of alkyl halides is 3. The van der Waals surface area contributed by atoms with Gasteiger partial charge in [-0.05, 0) is 48.4 Å². The lowest BCUT2D eigenvalue weighted by molar-refractivity contribution is -0.137. The minimum absolute atomic E-state index is 0.0588. The standard InChI is InChI=1S/C24H22F3N3O3S/c1-16(31)30(20-5-3-4-18(14-20)24(25,26)27)23-29-19(15-34-23)8-11-22(32)28-13-12-17-6-9-21(33-2)10-7-17/h3-11,14-15H,12-13H2,1-2H3,(H,28,32)/b11-8+. The number of hydrogen-bond donors (Lipinski definition) is 1. The third-order valence-corrected chi connectivity index (χ3v) is 5.57. The number of thiazole rings is 1. The quantitative estimate of drug-likeness (QED) is 0.440. The van der Waals surface area contributed by atoms with E-state index in [0.717, 1.165) is 39.7 Å². The van der Waals surface area contributed by atoms with Gasteiger partial charge in [0.15, 0.2) is 5.13 Å². The highest BCUT2D eigenvalue weighted by molar-refractivity contribution is 7.14. The molecule has 0 atom stereocenters. The summed E-state index contributed by atoms with van der Waals surface area (Å²) in [6, 6.07) is 12.0. The number of carbonyl (C=O) groups is 2. The van der Waals surface area contributed by atoms with Crippen molar-refractivity contribution < 1.29 is 27.5 Å². The first kappa shape index (κ1) is 25.0. The normalized spacial score (nSPS) is 11.4. The van der Waals surface area contributed by atoms with Crippen LogP contribution >= 0.6 is 11.3 Å². The van der Waals surface area contributed by atoms with Crippen molar-refractivity contribution in [3.05, 3.63) is 76.8 Å². The number of ether oxygens (including phenoxy) is 1. The number of nitrogens with one attached hydrogen (secondary N) is 1. The molecule has 2 aromatic carbocycles. The molecule has 0 fully saturated rings. The summed E-state index contributed by atoms with van der Waals surface area (Å²) >= 11 is 1.08. The Bertz CT molecular complexity index is 1170. The van der Waals surface area contributed by atoms with Gasteiger partial charge in [-0.25, -0.2) is 4.98 Å². The van der Waals surface area contributed by atoms with E-state index in [2.05, 4.69) is 10.3 Å². The third kappa shape index (κ3) is 6.67. The van der Waals surface area contributed by atoms with E-state index in [4.69, 9.17) is 4.74 Å². The van der Waals surface area contributed by atoms with Gasteiger partial charge in [0, 0.05) is 24.9 Å². The highest BCUT2D eigenvalue weighted by Crippen LogP contribution is 2.35. The Morgan fingerprint density at radius 3 is 2.56 bits per heavy atom. The molecular formula is C24H22F3N3O3S. The molecule has 6 nitrogen and oxygen atoms in total. The van der Waals surface area contributed by atoms with Crippen molar-refractivity contribution in [1.82, 2.24) is 10.3 Å². The van der Waals surface area contributed by atoms with Crippen LogP contribution in [0.1, 0.15) is 23.7 Å². The zero-order chi connectivity index (χ0) is 24.7. The Kier molecular flexibility index (Phi) is 8.06. The maximum Gasteiger partial charge on any atom is 0.416 e. The summed E-state index contributed by atoms with van der Waals surface area (Å²) in [4.78, 5) is 29.7. The van der Waals surface area contributed by atoms with Gasteiger partial charge in [-0.1, -0.05) is 18.2 Å². The largest absolute Gasteiger partial charge is 0.497 e. The van der Waals surface area contributed by atoms with E-state index in [0.29, 0.717) is 18.7 Å². The van der Waals surface area contributed by atoms with Crippen molar-refractivity contribution in [2.24, 2.45) is 0 Å². The Balaban J connectivity index is 1.62. The Labute approximate surface area is 198 Å². The number of amides is 2. The SMILES string of the molecule is COc1ccc(CCNC(=O)/C=C/c2csc(N(C(C)=O)c3cccc(C(F)(F)F)c3)n2)cc1. The summed E-state index contributed by atoms with van der Waals surface area (Å²) in [5, 5.41) is 4.58. The van der Waals surface area contributed by atoms with Crippen molar-refractivity contribution in [1.29, 1.82) is 0 Å². The lowest BCUT2D eigenvalue weighted by atomic mass is 10.1. The lowest BCUT2D eigenvalue weighted by Gasteiger charge is -2.19. The van der Waals surface area contributed by atoms with Crippen LogP contribution in [0.25, 0.3) is 6.08 Å². The zero-order valence-corrected chi connectivity index (χ0v) is 19.2. The molecule has 0 aliphatic rings. The number of methoxy groups -OCH3 is 1.